The van der Waals surface area contributed by atoms with Gasteiger partial charge in [0.05, 0.1) is 18.9 Å². The van der Waals surface area contributed by atoms with Crippen molar-refractivity contribution < 1.29 is 14.3 Å². The lowest BCUT2D eigenvalue weighted by molar-refractivity contribution is -0.0514. The van der Waals surface area contributed by atoms with Gasteiger partial charge >= 0.3 is 5.69 Å². The van der Waals surface area contributed by atoms with E-state index in [0.29, 0.717) is 23.7 Å². The number of carbonyl (C=O) groups is 1. The molecular formula is C34H37N5O5. The molecule has 1 fully saturated rings. The van der Waals surface area contributed by atoms with Gasteiger partial charge in [-0.25, -0.2) is 9.78 Å². The summed E-state index contributed by atoms with van der Waals surface area (Å²) in [7, 11) is 6.32. The standard InChI is InChI=1S/C34H37N5O5/c1-19-23(24-10-8-12-27(20(24)2)35-31(40)26-18-37(3)34(42)38(4)33(26)41)9-7-11-25(19)28-15-21-13-14-29(30(21)32(36-28)44-6)39-16-22(17-39)43-5/h7-12,15,18,22,29H,13-14,16-17H2,1-6H3,(H,35,40). The molecule has 10 nitrogen and oxygen atoms in total. The predicted octanol–water partition coefficient (Wildman–Crippen LogP) is 4.01. The highest BCUT2D eigenvalue weighted by Crippen LogP contribution is 2.45. The molecule has 10 heteroatoms. The first-order chi connectivity index (χ1) is 21.1. The van der Waals surface area contributed by atoms with Crippen LogP contribution in [0.15, 0.2) is 58.3 Å². The molecular weight excluding hydrogens is 558 g/mol. The third-order valence-electron chi connectivity index (χ3n) is 9.15. The average molecular weight is 596 g/mol. The van der Waals surface area contributed by atoms with Gasteiger partial charge in [0.15, 0.2) is 0 Å². The Morgan fingerprint density at radius 1 is 0.977 bits per heavy atom. The van der Waals surface area contributed by atoms with Crippen LogP contribution in [-0.2, 0) is 25.3 Å². The van der Waals surface area contributed by atoms with E-state index < -0.39 is 17.2 Å². The van der Waals surface area contributed by atoms with Crippen molar-refractivity contribution >= 4 is 11.6 Å². The zero-order chi connectivity index (χ0) is 31.3. The van der Waals surface area contributed by atoms with E-state index in [1.165, 1.54) is 36.0 Å². The van der Waals surface area contributed by atoms with E-state index in [4.69, 9.17) is 14.5 Å². The summed E-state index contributed by atoms with van der Waals surface area (Å²) in [6.07, 6.45) is 3.57. The van der Waals surface area contributed by atoms with Gasteiger partial charge in [0, 0.05) is 63.3 Å². The van der Waals surface area contributed by atoms with E-state index in [9.17, 15) is 14.4 Å². The van der Waals surface area contributed by atoms with Crippen LogP contribution in [-0.4, -0.2) is 58.3 Å². The predicted molar refractivity (Wildman–Crippen MR) is 169 cm³/mol. The Hall–Kier alpha value is -4.54. The van der Waals surface area contributed by atoms with Crippen molar-refractivity contribution in [3.63, 3.8) is 0 Å². The number of hydrogen-bond acceptors (Lipinski definition) is 7. The van der Waals surface area contributed by atoms with Crippen molar-refractivity contribution in [2.24, 2.45) is 14.1 Å². The number of fused-ring (bicyclic) bond motifs is 1. The van der Waals surface area contributed by atoms with Crippen LogP contribution in [0.2, 0.25) is 0 Å². The molecule has 4 aromatic rings. The van der Waals surface area contributed by atoms with Crippen LogP contribution in [0, 0.1) is 13.8 Å². The molecule has 1 amide bonds. The third-order valence-corrected chi connectivity index (χ3v) is 9.15. The van der Waals surface area contributed by atoms with Crippen molar-refractivity contribution in [2.45, 2.75) is 38.8 Å². The monoisotopic (exact) mass is 595 g/mol. The summed E-state index contributed by atoms with van der Waals surface area (Å²) in [5.74, 6) is 0.103. The van der Waals surface area contributed by atoms with Crippen LogP contribution < -0.4 is 21.3 Å². The Morgan fingerprint density at radius 2 is 1.66 bits per heavy atom. The number of hydrogen-bond donors (Lipinski definition) is 1. The largest absolute Gasteiger partial charge is 0.481 e. The quantitative estimate of drug-likeness (QED) is 0.344. The van der Waals surface area contributed by atoms with Crippen molar-refractivity contribution in [3.8, 4) is 28.3 Å². The number of nitrogens with zero attached hydrogens (tertiary/aromatic N) is 4. The lowest BCUT2D eigenvalue weighted by Crippen LogP contribution is -2.52. The zero-order valence-electron chi connectivity index (χ0n) is 25.9. The molecule has 2 aliphatic rings. The van der Waals surface area contributed by atoms with E-state index in [-0.39, 0.29) is 5.56 Å². The molecule has 44 heavy (non-hydrogen) atoms. The van der Waals surface area contributed by atoms with Crippen molar-refractivity contribution in [1.82, 2.24) is 19.0 Å². The SMILES string of the molecule is COc1nc(-c2cccc(-c3cccc(NC(=O)c4cn(C)c(=O)n(C)c4=O)c3C)c2C)cc2c1C(N1CC(OC)C1)CC2. The third kappa shape index (κ3) is 4.93. The average Bonchev–Trinajstić information content (AvgIpc) is 3.42. The summed E-state index contributed by atoms with van der Waals surface area (Å²) in [5, 5.41) is 2.88. The van der Waals surface area contributed by atoms with Crippen LogP contribution >= 0.6 is 0 Å². The van der Waals surface area contributed by atoms with Crippen LogP contribution in [0.1, 0.15) is 45.1 Å². The molecule has 1 unspecified atom stereocenters. The molecule has 1 N–H and O–H groups in total. The van der Waals surface area contributed by atoms with Gasteiger partial charge in [-0.15, -0.1) is 0 Å². The molecule has 0 saturated carbocycles. The zero-order valence-corrected chi connectivity index (χ0v) is 25.9. The molecule has 0 radical (unpaired) electrons. The fourth-order valence-corrected chi connectivity index (χ4v) is 6.54. The molecule has 0 spiro atoms. The van der Waals surface area contributed by atoms with E-state index in [1.54, 1.807) is 20.3 Å². The topological polar surface area (TPSA) is 108 Å². The molecule has 1 aliphatic carbocycles. The molecule has 3 heterocycles. The Kier molecular flexibility index (Phi) is 7.73. The highest BCUT2D eigenvalue weighted by atomic mass is 16.5. The van der Waals surface area contributed by atoms with E-state index in [1.807, 2.05) is 25.1 Å². The maximum atomic E-state index is 13.2. The lowest BCUT2D eigenvalue weighted by Gasteiger charge is -2.42. The first kappa shape index (κ1) is 29.5. The number of benzene rings is 2. The Morgan fingerprint density at radius 3 is 2.36 bits per heavy atom. The number of pyridine rings is 1. The van der Waals surface area contributed by atoms with E-state index in [2.05, 4.69) is 35.3 Å². The summed E-state index contributed by atoms with van der Waals surface area (Å²) >= 11 is 0. The Bertz CT molecular complexity index is 1900. The van der Waals surface area contributed by atoms with Crippen LogP contribution in [0.5, 0.6) is 5.88 Å². The summed E-state index contributed by atoms with van der Waals surface area (Å²) in [5.41, 5.74) is 7.55. The highest BCUT2D eigenvalue weighted by Gasteiger charge is 2.39. The number of amides is 1. The van der Waals surface area contributed by atoms with Crippen molar-refractivity contribution in [2.75, 3.05) is 32.6 Å². The van der Waals surface area contributed by atoms with Gasteiger partial charge in [-0.05, 0) is 66.6 Å². The minimum atomic E-state index is -0.643. The number of rotatable bonds is 7. The molecule has 0 bridgehead atoms. The number of anilines is 1. The number of aromatic nitrogens is 3. The van der Waals surface area contributed by atoms with Crippen molar-refractivity contribution in [3.05, 3.63) is 97.3 Å². The number of ether oxygens (including phenoxy) is 2. The number of aryl methyl sites for hydroxylation is 2. The van der Waals surface area contributed by atoms with Crippen LogP contribution in [0.3, 0.4) is 0 Å². The van der Waals surface area contributed by atoms with Gasteiger partial charge in [0.25, 0.3) is 11.5 Å². The summed E-state index contributed by atoms with van der Waals surface area (Å²) in [6, 6.07) is 14.4. The molecule has 1 saturated heterocycles. The molecule has 1 aliphatic heterocycles. The summed E-state index contributed by atoms with van der Waals surface area (Å²) < 4.78 is 13.5. The van der Waals surface area contributed by atoms with Gasteiger partial charge in [-0.1, -0.05) is 30.3 Å². The number of likely N-dealkylation sites (tertiary alicyclic amines) is 1. The maximum Gasteiger partial charge on any atom is 0.330 e. The fourth-order valence-electron chi connectivity index (χ4n) is 6.54. The molecule has 2 aromatic heterocycles. The Balaban J connectivity index is 1.33. The first-order valence-corrected chi connectivity index (χ1v) is 14.8. The van der Waals surface area contributed by atoms with Gasteiger partial charge < -0.3 is 19.4 Å². The Labute approximate surface area is 255 Å². The van der Waals surface area contributed by atoms with Crippen molar-refractivity contribution in [1.29, 1.82) is 0 Å². The maximum absolute atomic E-state index is 13.2. The summed E-state index contributed by atoms with van der Waals surface area (Å²) in [6.45, 7) is 5.87. The number of nitrogens with one attached hydrogen (secondary N) is 1. The second-order valence-corrected chi connectivity index (χ2v) is 11.7. The molecule has 6 rings (SSSR count). The first-order valence-electron chi connectivity index (χ1n) is 14.8. The minimum absolute atomic E-state index is 0.107. The molecule has 228 valence electrons. The van der Waals surface area contributed by atoms with Gasteiger partial charge in [0.1, 0.15) is 5.56 Å². The van der Waals surface area contributed by atoms with E-state index >= 15 is 0 Å². The summed E-state index contributed by atoms with van der Waals surface area (Å²) in [4.78, 5) is 45.3. The second kappa shape index (κ2) is 11.5. The fraction of sp³-hybridized carbons (Fsp3) is 0.353. The minimum Gasteiger partial charge on any atom is -0.481 e. The van der Waals surface area contributed by atoms with Crippen LogP contribution in [0.25, 0.3) is 22.4 Å². The van der Waals surface area contributed by atoms with Crippen LogP contribution in [0.4, 0.5) is 5.69 Å². The van der Waals surface area contributed by atoms with E-state index in [0.717, 1.165) is 64.0 Å². The normalized spacial score (nSPS) is 16.5. The van der Waals surface area contributed by atoms with Gasteiger partial charge in [-0.2, -0.15) is 0 Å². The molecule has 1 atom stereocenters. The van der Waals surface area contributed by atoms with Gasteiger partial charge in [-0.3, -0.25) is 19.1 Å². The lowest BCUT2D eigenvalue weighted by atomic mass is 9.91. The number of carbonyl (C=O) groups excluding carboxylic acids is 1. The van der Waals surface area contributed by atoms with Gasteiger partial charge in [0.2, 0.25) is 5.88 Å². The second-order valence-electron chi connectivity index (χ2n) is 11.7. The smallest absolute Gasteiger partial charge is 0.330 e. The molecule has 2 aromatic carbocycles. The number of methoxy groups -OCH3 is 2. The highest BCUT2D eigenvalue weighted by molar-refractivity contribution is 6.04.